The van der Waals surface area contributed by atoms with E-state index < -0.39 is 9.84 Å². The van der Waals surface area contributed by atoms with Gasteiger partial charge >= 0.3 is 0 Å². The number of rotatable bonds is 3. The number of hydrogen-bond acceptors (Lipinski definition) is 3. The second-order valence-electron chi connectivity index (χ2n) is 5.56. The lowest BCUT2D eigenvalue weighted by Gasteiger charge is -2.26. The molecule has 0 radical (unpaired) electrons. The van der Waals surface area contributed by atoms with Crippen LogP contribution < -0.4 is 0 Å². The van der Waals surface area contributed by atoms with E-state index >= 15 is 0 Å². The van der Waals surface area contributed by atoms with E-state index in [4.69, 9.17) is 11.6 Å². The number of amides is 1. The highest BCUT2D eigenvalue weighted by Crippen LogP contribution is 2.23. The third kappa shape index (κ3) is 2.85. The first kappa shape index (κ1) is 15.4. The van der Waals surface area contributed by atoms with Crippen LogP contribution in [0.25, 0.3) is 10.9 Å². The maximum Gasteiger partial charge on any atom is 0.270 e. The lowest BCUT2D eigenvalue weighted by molar-refractivity contribution is 0.0703. The lowest BCUT2D eigenvalue weighted by atomic mass is 10.2. The molecule has 1 N–H and O–H groups in total. The molecule has 1 atom stereocenters. The third-order valence-corrected chi connectivity index (χ3v) is 6.05. The van der Waals surface area contributed by atoms with Gasteiger partial charge in [0.25, 0.3) is 5.91 Å². The molecule has 0 aliphatic carbocycles. The number of hydrogen-bond donors (Lipinski definition) is 1. The van der Waals surface area contributed by atoms with Crippen molar-refractivity contribution in [2.75, 3.05) is 18.1 Å². The van der Waals surface area contributed by atoms with Crippen molar-refractivity contribution < 1.29 is 13.2 Å². The maximum atomic E-state index is 12.7. The van der Waals surface area contributed by atoms with Crippen molar-refractivity contribution in [3.05, 3.63) is 35.0 Å². The molecule has 22 heavy (non-hydrogen) atoms. The number of carbonyl (C=O) groups is 1. The molecule has 1 amide bonds. The summed E-state index contributed by atoms with van der Waals surface area (Å²) in [5.41, 5.74) is 1.30. The first-order chi connectivity index (χ1) is 10.4. The van der Waals surface area contributed by atoms with Crippen LogP contribution in [0.2, 0.25) is 5.02 Å². The van der Waals surface area contributed by atoms with E-state index in [1.807, 2.05) is 13.0 Å². The fraction of sp³-hybridized carbons (Fsp3) is 0.400. The van der Waals surface area contributed by atoms with Gasteiger partial charge in [0.05, 0.1) is 11.5 Å². The van der Waals surface area contributed by atoms with Crippen molar-refractivity contribution in [3.63, 3.8) is 0 Å². The smallest absolute Gasteiger partial charge is 0.270 e. The van der Waals surface area contributed by atoms with Crippen molar-refractivity contribution >= 4 is 38.2 Å². The van der Waals surface area contributed by atoms with E-state index in [0.717, 1.165) is 10.9 Å². The number of aromatic amines is 1. The van der Waals surface area contributed by atoms with Crippen molar-refractivity contribution in [1.29, 1.82) is 0 Å². The van der Waals surface area contributed by atoms with Gasteiger partial charge in [-0.25, -0.2) is 8.42 Å². The van der Waals surface area contributed by atoms with E-state index in [0.29, 0.717) is 23.7 Å². The number of aromatic nitrogens is 1. The molecule has 0 saturated carbocycles. The van der Waals surface area contributed by atoms with Gasteiger partial charge in [-0.3, -0.25) is 4.79 Å². The summed E-state index contributed by atoms with van der Waals surface area (Å²) in [6.07, 6.45) is 0.508. The molecule has 2 heterocycles. The molecular formula is C15H17ClN2O3S. The molecule has 1 aromatic carbocycles. The van der Waals surface area contributed by atoms with E-state index in [-0.39, 0.29) is 23.5 Å². The molecule has 0 spiro atoms. The van der Waals surface area contributed by atoms with E-state index in [2.05, 4.69) is 4.98 Å². The maximum absolute atomic E-state index is 12.7. The zero-order chi connectivity index (χ0) is 15.9. The van der Waals surface area contributed by atoms with E-state index in [9.17, 15) is 13.2 Å². The topological polar surface area (TPSA) is 70.2 Å². The number of fused-ring (bicyclic) bond motifs is 1. The molecule has 118 valence electrons. The molecule has 1 aliphatic rings. The van der Waals surface area contributed by atoms with Crippen LogP contribution in [0.3, 0.4) is 0 Å². The van der Waals surface area contributed by atoms with Crippen molar-refractivity contribution in [2.24, 2.45) is 0 Å². The van der Waals surface area contributed by atoms with Crippen LogP contribution >= 0.6 is 11.6 Å². The molecule has 1 saturated heterocycles. The SMILES string of the molecule is CCN(C(=O)c1cc2cc(Cl)ccc2[nH]1)C1CCS(=O)(=O)C1. The largest absolute Gasteiger partial charge is 0.351 e. The Labute approximate surface area is 134 Å². The van der Waals surface area contributed by atoms with Gasteiger partial charge in [0.15, 0.2) is 9.84 Å². The Bertz CT molecular complexity index is 828. The van der Waals surface area contributed by atoms with Crippen LogP contribution in [0.5, 0.6) is 0 Å². The summed E-state index contributed by atoms with van der Waals surface area (Å²) in [7, 11) is -3.02. The minimum atomic E-state index is -3.02. The average Bonchev–Trinajstić information content (AvgIpc) is 3.02. The lowest BCUT2D eigenvalue weighted by Crippen LogP contribution is -2.41. The molecule has 5 nitrogen and oxygen atoms in total. The van der Waals surface area contributed by atoms with Gasteiger partial charge in [-0.05, 0) is 37.6 Å². The van der Waals surface area contributed by atoms with Crippen LogP contribution in [0.4, 0.5) is 0 Å². The summed E-state index contributed by atoms with van der Waals surface area (Å²) < 4.78 is 23.3. The van der Waals surface area contributed by atoms with Crippen LogP contribution in [0, 0.1) is 0 Å². The number of benzene rings is 1. The minimum absolute atomic E-state index is 0.0542. The highest BCUT2D eigenvalue weighted by Gasteiger charge is 2.34. The normalized spacial score (nSPS) is 20.4. The molecular weight excluding hydrogens is 324 g/mol. The Morgan fingerprint density at radius 3 is 2.82 bits per heavy atom. The highest BCUT2D eigenvalue weighted by atomic mass is 35.5. The summed E-state index contributed by atoms with van der Waals surface area (Å²) >= 11 is 5.96. The summed E-state index contributed by atoms with van der Waals surface area (Å²) in [5.74, 6) is 0.0412. The second-order valence-corrected chi connectivity index (χ2v) is 8.23. The predicted molar refractivity (Wildman–Crippen MR) is 87.1 cm³/mol. The van der Waals surface area contributed by atoms with Crippen LogP contribution in [-0.2, 0) is 9.84 Å². The Morgan fingerprint density at radius 1 is 1.41 bits per heavy atom. The fourth-order valence-corrected chi connectivity index (χ4v) is 4.87. The van der Waals surface area contributed by atoms with Gasteiger partial charge < -0.3 is 9.88 Å². The minimum Gasteiger partial charge on any atom is -0.351 e. The van der Waals surface area contributed by atoms with Gasteiger partial charge in [-0.15, -0.1) is 0 Å². The molecule has 2 aromatic rings. The standard InChI is InChI=1S/C15H17ClN2O3S/c1-2-18(12-5-6-22(20,21)9-12)15(19)14-8-10-7-11(16)3-4-13(10)17-14/h3-4,7-8,12,17H,2,5-6,9H2,1H3. The van der Waals surface area contributed by atoms with Gasteiger partial charge in [0.1, 0.15) is 5.69 Å². The second kappa shape index (κ2) is 5.59. The Morgan fingerprint density at radius 2 is 2.18 bits per heavy atom. The van der Waals surface area contributed by atoms with Crippen molar-refractivity contribution in [1.82, 2.24) is 9.88 Å². The molecule has 1 aromatic heterocycles. The number of nitrogens with one attached hydrogen (secondary N) is 1. The van der Waals surface area contributed by atoms with Gasteiger partial charge in [0, 0.05) is 28.5 Å². The van der Waals surface area contributed by atoms with Crippen molar-refractivity contribution in [2.45, 2.75) is 19.4 Å². The zero-order valence-corrected chi connectivity index (χ0v) is 13.7. The van der Waals surface area contributed by atoms with Crippen LogP contribution in [0.1, 0.15) is 23.8 Å². The van der Waals surface area contributed by atoms with Gasteiger partial charge in [0.2, 0.25) is 0 Å². The number of sulfone groups is 1. The molecule has 1 aliphatic heterocycles. The van der Waals surface area contributed by atoms with Crippen LogP contribution in [0.15, 0.2) is 24.3 Å². The first-order valence-electron chi connectivity index (χ1n) is 7.19. The quantitative estimate of drug-likeness (QED) is 0.933. The monoisotopic (exact) mass is 340 g/mol. The van der Waals surface area contributed by atoms with Gasteiger partial charge in [-0.1, -0.05) is 11.6 Å². The number of H-pyrrole nitrogens is 1. The van der Waals surface area contributed by atoms with E-state index in [1.165, 1.54) is 0 Å². The predicted octanol–water partition coefficient (Wildman–Crippen LogP) is 2.47. The molecule has 1 fully saturated rings. The average molecular weight is 341 g/mol. The highest BCUT2D eigenvalue weighted by molar-refractivity contribution is 7.91. The number of carbonyl (C=O) groups excluding carboxylic acids is 1. The molecule has 7 heteroatoms. The van der Waals surface area contributed by atoms with Crippen LogP contribution in [-0.4, -0.2) is 48.3 Å². The fourth-order valence-electron chi connectivity index (χ4n) is 2.96. The van der Waals surface area contributed by atoms with Crippen molar-refractivity contribution in [3.8, 4) is 0 Å². The first-order valence-corrected chi connectivity index (χ1v) is 9.39. The number of halogens is 1. The van der Waals surface area contributed by atoms with E-state index in [1.54, 1.807) is 23.1 Å². The number of nitrogens with zero attached hydrogens (tertiary/aromatic N) is 1. The Hall–Kier alpha value is -1.53. The zero-order valence-electron chi connectivity index (χ0n) is 12.2. The summed E-state index contributed by atoms with van der Waals surface area (Å²) in [6, 6.07) is 6.90. The Kier molecular flexibility index (Phi) is 3.91. The molecule has 0 bridgehead atoms. The molecule has 3 rings (SSSR count). The summed E-state index contributed by atoms with van der Waals surface area (Å²) in [4.78, 5) is 17.4. The summed E-state index contributed by atoms with van der Waals surface area (Å²) in [5, 5.41) is 1.48. The summed E-state index contributed by atoms with van der Waals surface area (Å²) in [6.45, 7) is 2.34. The third-order valence-electron chi connectivity index (χ3n) is 4.06. The van der Waals surface area contributed by atoms with Gasteiger partial charge in [-0.2, -0.15) is 0 Å². The molecule has 1 unspecified atom stereocenters. The Balaban J connectivity index is 1.90.